The van der Waals surface area contributed by atoms with E-state index in [2.05, 4.69) is 16.0 Å². The number of nitrogens with zero attached hydrogens (tertiary/aromatic N) is 1. The molecule has 2 rings (SSSR count). The van der Waals surface area contributed by atoms with Gasteiger partial charge < -0.3 is 16.0 Å². The second kappa shape index (κ2) is 9.45. The minimum Gasteiger partial charge on any atom is -0.347 e. The zero-order chi connectivity index (χ0) is 20.7. The van der Waals surface area contributed by atoms with E-state index in [4.69, 9.17) is 0 Å². The average Bonchev–Trinajstić information content (AvgIpc) is 2.98. The minimum atomic E-state index is -0.795. The number of imide groups is 1. The number of hydrogen-bond donors (Lipinski definition) is 3. The number of hydrogen-bond acceptors (Lipinski definition) is 5. The molecule has 0 fully saturated rings. The quantitative estimate of drug-likeness (QED) is 0.537. The van der Waals surface area contributed by atoms with Crippen molar-refractivity contribution in [2.24, 2.45) is 0 Å². The smallest absolute Gasteiger partial charge is 0.253 e. The maximum atomic E-state index is 12.1. The van der Waals surface area contributed by atoms with Crippen molar-refractivity contribution in [2.45, 2.75) is 26.3 Å². The molecule has 0 radical (unpaired) electrons. The second-order valence-electron chi connectivity index (χ2n) is 6.33. The second-order valence-corrected chi connectivity index (χ2v) is 6.33. The van der Waals surface area contributed by atoms with Gasteiger partial charge in [0, 0.05) is 30.8 Å². The van der Waals surface area contributed by atoms with Crippen LogP contribution in [0.15, 0.2) is 36.4 Å². The van der Waals surface area contributed by atoms with Gasteiger partial charge >= 0.3 is 0 Å². The average molecular weight is 386 g/mol. The Morgan fingerprint density at radius 3 is 2.21 bits per heavy atom. The summed E-state index contributed by atoms with van der Waals surface area (Å²) in [5, 5.41) is 7.55. The predicted molar refractivity (Wildman–Crippen MR) is 101 cm³/mol. The Kier molecular flexibility index (Phi) is 7.02. The summed E-state index contributed by atoms with van der Waals surface area (Å²) in [6, 6.07) is 6.43. The lowest BCUT2D eigenvalue weighted by atomic mass is 10.2. The van der Waals surface area contributed by atoms with Gasteiger partial charge in [0.2, 0.25) is 17.7 Å². The van der Waals surface area contributed by atoms with Gasteiger partial charge in [-0.1, -0.05) is 17.7 Å². The van der Waals surface area contributed by atoms with Crippen molar-refractivity contribution >= 4 is 35.2 Å². The molecule has 0 unspecified atom stereocenters. The van der Waals surface area contributed by atoms with Gasteiger partial charge in [0.25, 0.3) is 11.8 Å². The van der Waals surface area contributed by atoms with Crippen molar-refractivity contribution in [3.63, 3.8) is 0 Å². The maximum absolute atomic E-state index is 12.1. The monoisotopic (exact) mass is 386 g/mol. The number of amides is 5. The van der Waals surface area contributed by atoms with Gasteiger partial charge in [0.15, 0.2) is 0 Å². The van der Waals surface area contributed by atoms with E-state index in [0.29, 0.717) is 5.69 Å². The summed E-state index contributed by atoms with van der Waals surface area (Å²) in [6.07, 6.45) is 2.16. The molecule has 1 aliphatic heterocycles. The normalized spacial score (nSPS) is 14.0. The topological polar surface area (TPSA) is 125 Å². The summed E-state index contributed by atoms with van der Waals surface area (Å²) in [5.41, 5.74) is 1.68. The molecule has 0 bridgehead atoms. The Morgan fingerprint density at radius 2 is 1.61 bits per heavy atom. The van der Waals surface area contributed by atoms with Crippen molar-refractivity contribution in [1.82, 2.24) is 15.5 Å². The third kappa shape index (κ3) is 6.04. The molecular weight excluding hydrogens is 364 g/mol. The third-order valence-electron chi connectivity index (χ3n) is 4.00. The molecule has 9 nitrogen and oxygen atoms in total. The van der Waals surface area contributed by atoms with Gasteiger partial charge in [-0.15, -0.1) is 0 Å². The predicted octanol–water partition coefficient (Wildman–Crippen LogP) is -0.130. The number of carbonyl (C=O) groups excluding carboxylic acids is 5. The molecule has 148 valence electrons. The first-order valence-corrected chi connectivity index (χ1v) is 8.73. The van der Waals surface area contributed by atoms with Crippen LogP contribution >= 0.6 is 0 Å². The van der Waals surface area contributed by atoms with E-state index in [0.717, 1.165) is 22.6 Å². The van der Waals surface area contributed by atoms with Gasteiger partial charge in [-0.3, -0.25) is 28.9 Å². The minimum absolute atomic E-state index is 0.0620. The number of benzene rings is 1. The number of carbonyl (C=O) groups is 5. The molecule has 28 heavy (non-hydrogen) atoms. The molecule has 3 N–H and O–H groups in total. The van der Waals surface area contributed by atoms with Crippen LogP contribution in [0.1, 0.15) is 18.9 Å². The fraction of sp³-hybridized carbons (Fsp3) is 0.316. The zero-order valence-electron chi connectivity index (χ0n) is 15.7. The van der Waals surface area contributed by atoms with Gasteiger partial charge in [0.05, 0.1) is 6.54 Å². The van der Waals surface area contributed by atoms with E-state index in [9.17, 15) is 24.0 Å². The third-order valence-corrected chi connectivity index (χ3v) is 4.00. The van der Waals surface area contributed by atoms with Crippen LogP contribution in [0, 0.1) is 6.92 Å². The maximum Gasteiger partial charge on any atom is 0.253 e. The standard InChI is InChI=1S/C19H22N4O5/c1-12-3-5-14(6-4-12)22-19(28)13(2)21-16(25)11-20-15(24)9-10-23-17(26)7-8-18(23)27/h3-8,13H,9-11H2,1-2H3,(H,20,24)(H,21,25)(H,22,28)/t13-/m0/s1. The molecule has 1 aromatic carbocycles. The molecule has 0 aromatic heterocycles. The molecule has 9 heteroatoms. The van der Waals surface area contributed by atoms with E-state index in [1.807, 2.05) is 19.1 Å². The fourth-order valence-electron chi connectivity index (χ4n) is 2.38. The molecular formula is C19H22N4O5. The van der Waals surface area contributed by atoms with Crippen LogP contribution in [0.4, 0.5) is 5.69 Å². The summed E-state index contributed by atoms with van der Waals surface area (Å²) >= 11 is 0. The summed E-state index contributed by atoms with van der Waals surface area (Å²) in [4.78, 5) is 59.5. The number of anilines is 1. The first-order valence-electron chi connectivity index (χ1n) is 8.73. The Balaban J connectivity index is 1.68. The van der Waals surface area contributed by atoms with Crippen molar-refractivity contribution < 1.29 is 24.0 Å². The van der Waals surface area contributed by atoms with Gasteiger partial charge in [0.1, 0.15) is 6.04 Å². The van der Waals surface area contributed by atoms with Crippen molar-refractivity contribution in [3.05, 3.63) is 42.0 Å². The van der Waals surface area contributed by atoms with Crippen LogP contribution in [0.3, 0.4) is 0 Å². The SMILES string of the molecule is Cc1ccc(NC(=O)[C@H](C)NC(=O)CNC(=O)CCN2C(=O)C=CC2=O)cc1. The van der Waals surface area contributed by atoms with Crippen LogP contribution in [0.5, 0.6) is 0 Å². The molecule has 0 saturated heterocycles. The van der Waals surface area contributed by atoms with Crippen LogP contribution in [-0.2, 0) is 24.0 Å². The highest BCUT2D eigenvalue weighted by atomic mass is 16.2. The summed E-state index contributed by atoms with van der Waals surface area (Å²) < 4.78 is 0. The Hall–Kier alpha value is -3.49. The first-order chi connectivity index (χ1) is 13.3. The number of aryl methyl sites for hydroxylation is 1. The molecule has 1 atom stereocenters. The largest absolute Gasteiger partial charge is 0.347 e. The first kappa shape index (κ1) is 20.8. The van der Waals surface area contributed by atoms with E-state index in [1.165, 1.54) is 6.92 Å². The molecule has 1 heterocycles. The summed E-state index contributed by atoms with van der Waals surface area (Å²) in [7, 11) is 0. The van der Waals surface area contributed by atoms with Crippen LogP contribution in [0.2, 0.25) is 0 Å². The molecule has 5 amide bonds. The van der Waals surface area contributed by atoms with E-state index in [-0.39, 0.29) is 25.4 Å². The molecule has 1 aromatic rings. The van der Waals surface area contributed by atoms with Gasteiger partial charge in [-0.25, -0.2) is 0 Å². The highest BCUT2D eigenvalue weighted by Gasteiger charge is 2.23. The summed E-state index contributed by atoms with van der Waals surface area (Å²) in [6.45, 7) is 3.08. The van der Waals surface area contributed by atoms with Crippen LogP contribution in [0.25, 0.3) is 0 Å². The van der Waals surface area contributed by atoms with Crippen molar-refractivity contribution in [1.29, 1.82) is 0 Å². The number of nitrogens with one attached hydrogen (secondary N) is 3. The van der Waals surface area contributed by atoms with E-state index >= 15 is 0 Å². The van der Waals surface area contributed by atoms with E-state index < -0.39 is 29.7 Å². The molecule has 0 spiro atoms. The van der Waals surface area contributed by atoms with Crippen LogP contribution in [-0.4, -0.2) is 53.6 Å². The lowest BCUT2D eigenvalue weighted by molar-refractivity contribution is -0.137. The van der Waals surface area contributed by atoms with Gasteiger partial charge in [-0.05, 0) is 26.0 Å². The number of rotatable bonds is 8. The van der Waals surface area contributed by atoms with Crippen molar-refractivity contribution in [2.75, 3.05) is 18.4 Å². The summed E-state index contributed by atoms with van der Waals surface area (Å²) in [5.74, 6) is -2.34. The highest BCUT2D eigenvalue weighted by Crippen LogP contribution is 2.08. The highest BCUT2D eigenvalue weighted by molar-refractivity contribution is 6.13. The zero-order valence-corrected chi connectivity index (χ0v) is 15.7. The molecule has 1 aliphatic rings. The van der Waals surface area contributed by atoms with Crippen LogP contribution < -0.4 is 16.0 Å². The molecule has 0 saturated carbocycles. The van der Waals surface area contributed by atoms with Crippen molar-refractivity contribution in [3.8, 4) is 0 Å². The Bertz CT molecular complexity index is 798. The Labute approximate surface area is 162 Å². The molecule has 0 aliphatic carbocycles. The Morgan fingerprint density at radius 1 is 1.00 bits per heavy atom. The van der Waals surface area contributed by atoms with E-state index in [1.54, 1.807) is 12.1 Å². The fourth-order valence-corrected chi connectivity index (χ4v) is 2.38. The lowest BCUT2D eigenvalue weighted by Crippen LogP contribution is -2.46. The van der Waals surface area contributed by atoms with Gasteiger partial charge in [-0.2, -0.15) is 0 Å². The lowest BCUT2D eigenvalue weighted by Gasteiger charge is -2.15.